The fraction of sp³-hybridized carbons (Fsp3) is 0.348. The molecule has 1 atom stereocenters. The molecule has 1 aliphatic heterocycles. The lowest BCUT2D eigenvalue weighted by atomic mass is 9.87. The van der Waals surface area contributed by atoms with Gasteiger partial charge in [0, 0.05) is 18.8 Å². The summed E-state index contributed by atoms with van der Waals surface area (Å²) in [6, 6.07) is 14.0. The Bertz CT molecular complexity index is 1130. The Balaban J connectivity index is 1.71. The van der Waals surface area contributed by atoms with Crippen LogP contribution in [0.3, 0.4) is 0 Å². The molecule has 1 heterocycles. The van der Waals surface area contributed by atoms with Crippen LogP contribution in [0.1, 0.15) is 32.8 Å². The number of amides is 4. The highest BCUT2D eigenvalue weighted by Gasteiger charge is 2.51. The number of hydrogen-bond acceptors (Lipinski definition) is 5. The Morgan fingerprint density at radius 3 is 2.15 bits per heavy atom. The van der Waals surface area contributed by atoms with Crippen molar-refractivity contribution in [2.75, 3.05) is 25.0 Å². The van der Waals surface area contributed by atoms with Gasteiger partial charge >= 0.3 is 6.03 Å². The van der Waals surface area contributed by atoms with Crippen LogP contribution in [0, 0.1) is 0 Å². The van der Waals surface area contributed by atoms with Crippen LogP contribution < -0.4 is 10.6 Å². The highest BCUT2D eigenvalue weighted by Crippen LogP contribution is 2.32. The van der Waals surface area contributed by atoms with E-state index >= 15 is 0 Å². The van der Waals surface area contributed by atoms with Gasteiger partial charge in [-0.25, -0.2) is 13.2 Å². The third kappa shape index (κ3) is 4.62. The molecular weight excluding hydrogens is 444 g/mol. The molecule has 0 saturated carbocycles. The first-order valence-electron chi connectivity index (χ1n) is 10.8. The van der Waals surface area contributed by atoms with Gasteiger partial charge in [0.25, 0.3) is 5.91 Å². The molecule has 1 saturated heterocycles. The lowest BCUT2D eigenvalue weighted by Gasteiger charge is -2.25. The predicted octanol–water partition coefficient (Wildman–Crippen LogP) is 2.51. The minimum atomic E-state index is -3.61. The minimum Gasteiger partial charge on any atom is -0.325 e. The van der Waals surface area contributed by atoms with Gasteiger partial charge in [-0.1, -0.05) is 51.1 Å². The van der Waals surface area contributed by atoms with Crippen LogP contribution in [0.5, 0.6) is 0 Å². The highest BCUT2D eigenvalue weighted by atomic mass is 32.2. The van der Waals surface area contributed by atoms with Crippen LogP contribution in [0.25, 0.3) is 0 Å². The molecule has 1 fully saturated rings. The lowest BCUT2D eigenvalue weighted by Crippen LogP contribution is -2.44. The summed E-state index contributed by atoms with van der Waals surface area (Å²) in [5.41, 5.74) is -0.201. The van der Waals surface area contributed by atoms with Crippen LogP contribution in [0.2, 0.25) is 0 Å². The van der Waals surface area contributed by atoms with Crippen molar-refractivity contribution in [1.29, 1.82) is 0 Å². The summed E-state index contributed by atoms with van der Waals surface area (Å²) in [4.78, 5) is 39.2. The van der Waals surface area contributed by atoms with E-state index in [0.717, 1.165) is 4.90 Å². The molecule has 2 aromatic carbocycles. The minimum absolute atomic E-state index is 0.119. The zero-order valence-electron chi connectivity index (χ0n) is 18.9. The van der Waals surface area contributed by atoms with E-state index in [1.807, 2.05) is 6.07 Å². The van der Waals surface area contributed by atoms with Crippen LogP contribution >= 0.6 is 0 Å². The number of imide groups is 1. The van der Waals surface area contributed by atoms with Crippen LogP contribution in [0.15, 0.2) is 59.5 Å². The zero-order chi connectivity index (χ0) is 24.2. The quantitative estimate of drug-likeness (QED) is 0.544. The van der Waals surface area contributed by atoms with Gasteiger partial charge in [0.2, 0.25) is 15.9 Å². The maximum atomic E-state index is 13.1. The molecule has 4 amide bonds. The summed E-state index contributed by atoms with van der Waals surface area (Å²) in [5.74, 6) is -1.06. The predicted molar refractivity (Wildman–Crippen MR) is 124 cm³/mol. The fourth-order valence-electron chi connectivity index (χ4n) is 3.90. The van der Waals surface area contributed by atoms with Gasteiger partial charge < -0.3 is 10.6 Å². The number of sulfonamides is 1. The molecule has 2 N–H and O–H groups in total. The average molecular weight is 473 g/mol. The third-order valence-corrected chi connectivity index (χ3v) is 7.82. The molecular formula is C23H28N4O5S. The van der Waals surface area contributed by atoms with E-state index in [1.165, 1.54) is 28.6 Å². The molecule has 0 unspecified atom stereocenters. The van der Waals surface area contributed by atoms with Crippen molar-refractivity contribution < 1.29 is 22.8 Å². The Hall–Kier alpha value is -3.24. The Kier molecular flexibility index (Phi) is 7.19. The van der Waals surface area contributed by atoms with Gasteiger partial charge in [0.1, 0.15) is 12.1 Å². The molecule has 33 heavy (non-hydrogen) atoms. The van der Waals surface area contributed by atoms with Gasteiger partial charge in [-0.15, -0.1) is 0 Å². The van der Waals surface area contributed by atoms with E-state index in [0.29, 0.717) is 30.8 Å². The summed E-state index contributed by atoms with van der Waals surface area (Å²) in [5, 5.41) is 5.34. The number of nitrogens with one attached hydrogen (secondary N) is 2. The lowest BCUT2D eigenvalue weighted by molar-refractivity contribution is -0.134. The van der Waals surface area contributed by atoms with Gasteiger partial charge in [-0.2, -0.15) is 4.31 Å². The molecule has 3 rings (SSSR count). The number of hydrogen-bond donors (Lipinski definition) is 2. The first-order valence-corrected chi connectivity index (χ1v) is 12.2. The Labute approximate surface area is 193 Å². The maximum Gasteiger partial charge on any atom is 0.325 e. The summed E-state index contributed by atoms with van der Waals surface area (Å²) >= 11 is 0. The van der Waals surface area contributed by atoms with E-state index in [1.54, 1.807) is 45.0 Å². The number of carbonyl (C=O) groups excluding carboxylic acids is 3. The molecule has 0 spiro atoms. The molecule has 0 aromatic heterocycles. The van der Waals surface area contributed by atoms with Crippen molar-refractivity contribution in [3.63, 3.8) is 0 Å². The van der Waals surface area contributed by atoms with Crippen LogP contribution in [-0.4, -0.2) is 55.1 Å². The third-order valence-electron chi connectivity index (χ3n) is 5.76. The number of nitrogens with zero attached hydrogens (tertiary/aromatic N) is 2. The Morgan fingerprint density at radius 2 is 1.61 bits per heavy atom. The Morgan fingerprint density at radius 1 is 1.00 bits per heavy atom. The normalized spacial score (nSPS) is 18.5. The average Bonchev–Trinajstić information content (AvgIpc) is 3.05. The zero-order valence-corrected chi connectivity index (χ0v) is 19.7. The van der Waals surface area contributed by atoms with E-state index < -0.39 is 40.0 Å². The molecule has 0 radical (unpaired) electrons. The topological polar surface area (TPSA) is 116 Å². The summed E-state index contributed by atoms with van der Waals surface area (Å²) < 4.78 is 26.5. The second-order valence-electron chi connectivity index (χ2n) is 7.61. The van der Waals surface area contributed by atoms with E-state index in [9.17, 15) is 22.8 Å². The van der Waals surface area contributed by atoms with Gasteiger partial charge in [-0.05, 0) is 36.2 Å². The largest absolute Gasteiger partial charge is 0.325 e. The molecule has 0 aliphatic carbocycles. The molecule has 0 bridgehead atoms. The van der Waals surface area contributed by atoms with Crippen molar-refractivity contribution >= 4 is 33.6 Å². The first-order chi connectivity index (χ1) is 15.7. The molecule has 1 aliphatic rings. The second kappa shape index (κ2) is 9.72. The van der Waals surface area contributed by atoms with Crippen LogP contribution in [0.4, 0.5) is 10.5 Å². The van der Waals surface area contributed by atoms with Crippen molar-refractivity contribution in [2.24, 2.45) is 0 Å². The van der Waals surface area contributed by atoms with Gasteiger partial charge in [-0.3, -0.25) is 14.5 Å². The monoisotopic (exact) mass is 472 g/mol. The number of anilines is 1. The van der Waals surface area contributed by atoms with Crippen molar-refractivity contribution in [3.05, 3.63) is 60.2 Å². The van der Waals surface area contributed by atoms with Gasteiger partial charge in [0.15, 0.2) is 0 Å². The van der Waals surface area contributed by atoms with Crippen molar-refractivity contribution in [2.45, 2.75) is 37.6 Å². The van der Waals surface area contributed by atoms with Crippen molar-refractivity contribution in [1.82, 2.24) is 14.5 Å². The van der Waals surface area contributed by atoms with Gasteiger partial charge in [0.05, 0.1) is 4.90 Å². The highest BCUT2D eigenvalue weighted by molar-refractivity contribution is 7.89. The maximum absolute atomic E-state index is 13.1. The van der Waals surface area contributed by atoms with E-state index in [4.69, 9.17) is 0 Å². The molecule has 9 nitrogen and oxygen atoms in total. The number of carbonyl (C=O) groups is 3. The summed E-state index contributed by atoms with van der Waals surface area (Å²) in [6.07, 6.45) is 0.335. The molecule has 2 aromatic rings. The standard InChI is InChI=1S/C23H28N4O5S/c1-4-23(17-10-8-7-9-11-17)21(29)27(22(30)25-23)16-20(28)24-18-12-14-19(15-13-18)33(31,32)26(5-2)6-3/h7-15H,4-6,16H2,1-3H3,(H,24,28)(H,25,30)/t23-/m0/s1. The van der Waals surface area contributed by atoms with E-state index in [-0.39, 0.29) is 4.90 Å². The SMILES string of the molecule is CCN(CC)S(=O)(=O)c1ccc(NC(=O)CN2C(=O)N[C@@](CC)(c3ccccc3)C2=O)cc1. The molecule has 176 valence electrons. The number of rotatable bonds is 9. The fourth-order valence-corrected chi connectivity index (χ4v) is 5.36. The van der Waals surface area contributed by atoms with E-state index in [2.05, 4.69) is 10.6 Å². The number of benzene rings is 2. The molecule has 10 heteroatoms. The van der Waals surface area contributed by atoms with Crippen molar-refractivity contribution in [3.8, 4) is 0 Å². The summed E-state index contributed by atoms with van der Waals surface area (Å²) in [6.45, 7) is 5.56. The first kappa shape index (κ1) is 24.4. The smallest absolute Gasteiger partial charge is 0.325 e. The van der Waals surface area contributed by atoms with Crippen LogP contribution in [-0.2, 0) is 25.2 Å². The summed E-state index contributed by atoms with van der Waals surface area (Å²) in [7, 11) is -3.61. The second-order valence-corrected chi connectivity index (χ2v) is 9.55. The number of urea groups is 1.